The molecule has 0 radical (unpaired) electrons. The Hall–Kier alpha value is -20.0. The molecule has 22 aromatic carbocycles. The summed E-state index contributed by atoms with van der Waals surface area (Å²) in [5.41, 5.74) is 29.2. The second-order valence-corrected chi connectivity index (χ2v) is 39.9. The van der Waals surface area contributed by atoms with Crippen molar-refractivity contribution in [2.24, 2.45) is 0 Å². The molecule has 0 unspecified atom stereocenters. The maximum Gasteiger partial charge on any atom is 0.168 e. The fourth-order valence-corrected chi connectivity index (χ4v) is 25.9. The summed E-state index contributed by atoms with van der Waals surface area (Å²) in [5.74, 6) is 1.59. The van der Waals surface area contributed by atoms with E-state index in [9.17, 15) is 0 Å². The zero-order valence-electron chi connectivity index (χ0n) is 80.8. The Balaban J connectivity index is 0.000000102. The predicted octanol–water partition coefficient (Wildman–Crippen LogP) is 35.7. The molecule has 0 spiro atoms. The lowest BCUT2D eigenvalue weighted by molar-refractivity contribution is 1.07. The van der Waals surface area contributed by atoms with E-state index in [1.807, 2.05) is 72.4 Å². The Labute approximate surface area is 861 Å². The highest BCUT2D eigenvalue weighted by Gasteiger charge is 2.29. The number of nitrogens with zero attached hydrogens (tertiary/aromatic N) is 12. The van der Waals surface area contributed by atoms with Crippen LogP contribution in [0, 0.1) is 0 Å². The highest BCUT2D eigenvalue weighted by molar-refractivity contribution is 7.26. The van der Waals surface area contributed by atoms with Gasteiger partial charge in [0.1, 0.15) is 0 Å². The van der Waals surface area contributed by atoms with Crippen LogP contribution >= 0.6 is 11.3 Å². The predicted molar refractivity (Wildman–Crippen MR) is 628 cm³/mol. The molecule has 12 nitrogen and oxygen atoms in total. The molecule has 0 bridgehead atoms. The van der Waals surface area contributed by atoms with E-state index in [2.05, 4.69) is 481 Å². The Morgan fingerprint density at radius 2 is 0.427 bits per heavy atom. The van der Waals surface area contributed by atoms with E-state index in [1.165, 1.54) is 173 Å². The topological polar surface area (TPSA) is 99.0 Å². The SMILES string of the molecule is c1ccc(-c2nnc(-c3cccc(-n4c5ccccc5c5c6ccccc6c6ncccc6c54)c3)n2-c2ccccc2)cc1.c1ccc2c(c1)c1ncccc1c1c2c2ccccc2n1-c1cc(-n2c3ccccc3c3ccccc32)cc(-n2c3ccccc3c3ccccc32)c1.c1ccc2c(c1)sc1c(-c3cc(-n4c5ccccc5c5ccccc54)cc(-n4c5ccccc5c5c6ccccc6c6ncccc6c54)c3)cccc12. The first-order chi connectivity index (χ1) is 74.5. The van der Waals surface area contributed by atoms with E-state index in [-0.39, 0.29) is 0 Å². The molecule has 0 amide bonds. The number of benzene rings is 22. The van der Waals surface area contributed by atoms with Gasteiger partial charge < -0.3 is 27.4 Å². The highest BCUT2D eigenvalue weighted by Crippen LogP contribution is 2.51. The van der Waals surface area contributed by atoms with Gasteiger partial charge in [-0.25, -0.2) is 0 Å². The average molecular weight is 1930 g/mol. The summed E-state index contributed by atoms with van der Waals surface area (Å²) in [4.78, 5) is 14.9. The number of para-hydroxylation sites is 10. The Morgan fingerprint density at radius 3 is 0.827 bits per heavy atom. The second-order valence-electron chi connectivity index (χ2n) is 38.8. The Kier molecular flexibility index (Phi) is 19.1. The van der Waals surface area contributed by atoms with Crippen LogP contribution in [0.25, 0.3) is 290 Å². The first-order valence-electron chi connectivity index (χ1n) is 50.9. The van der Waals surface area contributed by atoms with E-state index in [4.69, 9.17) is 25.1 Å². The normalized spacial score (nSPS) is 12.0. The van der Waals surface area contributed by atoms with Crippen LogP contribution in [0.1, 0.15) is 0 Å². The molecule has 0 saturated carbocycles. The van der Waals surface area contributed by atoms with Crippen LogP contribution in [0.3, 0.4) is 0 Å². The number of rotatable bonds is 10. The van der Waals surface area contributed by atoms with Crippen molar-refractivity contribution in [1.29, 1.82) is 0 Å². The minimum Gasteiger partial charge on any atom is -0.309 e. The van der Waals surface area contributed by atoms with Crippen LogP contribution in [0.5, 0.6) is 0 Å². The zero-order chi connectivity index (χ0) is 98.3. The molecule has 11 aromatic heterocycles. The van der Waals surface area contributed by atoms with Gasteiger partial charge in [-0.15, -0.1) is 21.5 Å². The summed E-state index contributed by atoms with van der Waals surface area (Å²) in [6.45, 7) is 0. The molecular weight excluding hydrogens is 1850 g/mol. The molecule has 0 aliphatic carbocycles. The number of hydrogen-bond acceptors (Lipinski definition) is 6. The molecule has 13 heteroatoms. The Bertz CT molecular complexity index is 11100. The number of pyridine rings is 3. The van der Waals surface area contributed by atoms with E-state index >= 15 is 0 Å². The standard InChI is InChI=1S/C49H30N4.C49H29N3S.C39H25N5/c1-2-19-39-38(18-1)47-40-20-7-12-26-46(40)53(49(47)41-21-13-27-50-48(39)41)33-29-31(51-42-22-8-3-14-34(42)35-15-4-9-23-43(35)51)28-32(30-33)52-44-24-10-5-16-36(44)37-17-6-11-25-45(37)52;1-2-17-38-37(16-1)46-40-18-5-9-24-44(40)52(48(46)41-21-12-26-50-47(38)41)32-28-30(33-19-11-20-39-36-15-6-10-25-45(36)53-49(33)39)27-31(29-32)51-42-22-7-3-13-34(42)35-14-4-8-23-43(35)51;1-3-13-26(14-4-1)38-41-42-39(44(38)28-16-5-2-6-17-28)27-15-11-18-29(25-27)43-34-23-10-9-21-32(34)35-30-19-7-8-20-31(30)36-33(37(35)43)22-12-24-40-36/h1-30H;1-29H;1-25H. The van der Waals surface area contributed by atoms with Crippen LogP contribution in [0.15, 0.2) is 510 Å². The first kappa shape index (κ1) is 84.5. The lowest BCUT2D eigenvalue weighted by Crippen LogP contribution is -2.03. The van der Waals surface area contributed by atoms with E-state index in [0.717, 1.165) is 117 Å². The van der Waals surface area contributed by atoms with Crippen LogP contribution in [0.4, 0.5) is 0 Å². The van der Waals surface area contributed by atoms with Gasteiger partial charge in [-0.2, -0.15) is 0 Å². The van der Waals surface area contributed by atoms with Gasteiger partial charge >= 0.3 is 0 Å². The Morgan fingerprint density at radius 1 is 0.160 bits per heavy atom. The van der Waals surface area contributed by atoms with Crippen LogP contribution in [-0.2, 0) is 0 Å². The maximum absolute atomic E-state index is 5.00. The largest absolute Gasteiger partial charge is 0.309 e. The lowest BCUT2D eigenvalue weighted by Gasteiger charge is -2.18. The second kappa shape index (κ2) is 33.8. The number of hydrogen-bond donors (Lipinski definition) is 0. The molecule has 0 aliphatic rings. The summed E-state index contributed by atoms with van der Waals surface area (Å²) in [7, 11) is 0. The summed E-state index contributed by atoms with van der Waals surface area (Å²) in [5, 5.41) is 37.5. The third-order valence-electron chi connectivity index (χ3n) is 30.8. The van der Waals surface area contributed by atoms with Crippen molar-refractivity contribution in [3.05, 3.63) is 510 Å². The smallest absolute Gasteiger partial charge is 0.168 e. The van der Waals surface area contributed by atoms with Gasteiger partial charge in [0.15, 0.2) is 11.6 Å². The quantitative estimate of drug-likeness (QED) is 0.127. The van der Waals surface area contributed by atoms with E-state index in [1.54, 1.807) is 0 Å². The minimum atomic E-state index is 0.787. The van der Waals surface area contributed by atoms with Crippen LogP contribution in [0.2, 0.25) is 0 Å². The summed E-state index contributed by atoms with van der Waals surface area (Å²) in [6.07, 6.45) is 5.71. The van der Waals surface area contributed by atoms with Crippen molar-refractivity contribution in [1.82, 2.24) is 57.1 Å². The van der Waals surface area contributed by atoms with Crippen molar-refractivity contribution in [2.45, 2.75) is 0 Å². The molecule has 11 heterocycles. The van der Waals surface area contributed by atoms with Gasteiger partial charge in [-0.05, 0) is 185 Å². The monoisotopic (exact) mass is 1930 g/mol. The third kappa shape index (κ3) is 12.8. The van der Waals surface area contributed by atoms with Gasteiger partial charge in [0, 0.05) is 170 Å². The van der Waals surface area contributed by atoms with Gasteiger partial charge in [0.25, 0.3) is 0 Å². The fraction of sp³-hybridized carbons (Fsp3) is 0. The molecular formula is C137H84N12S. The highest BCUT2D eigenvalue weighted by atomic mass is 32.1. The van der Waals surface area contributed by atoms with Gasteiger partial charge in [0.05, 0.1) is 99.8 Å². The van der Waals surface area contributed by atoms with Crippen LogP contribution < -0.4 is 0 Å². The first-order valence-corrected chi connectivity index (χ1v) is 51.7. The molecule has 0 fully saturated rings. The summed E-state index contributed by atoms with van der Waals surface area (Å²) >= 11 is 1.88. The van der Waals surface area contributed by atoms with E-state index in [0.29, 0.717) is 0 Å². The van der Waals surface area contributed by atoms with Crippen molar-refractivity contribution >= 4 is 227 Å². The molecule has 0 N–H and O–H groups in total. The van der Waals surface area contributed by atoms with Crippen molar-refractivity contribution in [2.75, 3.05) is 0 Å². The van der Waals surface area contributed by atoms with Crippen molar-refractivity contribution in [3.63, 3.8) is 0 Å². The zero-order valence-corrected chi connectivity index (χ0v) is 81.6. The van der Waals surface area contributed by atoms with Crippen molar-refractivity contribution in [3.8, 4) is 73.7 Å². The minimum absolute atomic E-state index is 0.787. The molecule has 33 rings (SSSR count). The molecule has 0 aliphatic heterocycles. The maximum atomic E-state index is 5.00. The molecule has 0 saturated heterocycles. The number of aromatic nitrogens is 12. The fourth-order valence-electron chi connectivity index (χ4n) is 24.7. The van der Waals surface area contributed by atoms with Crippen LogP contribution in [-0.4, -0.2) is 57.1 Å². The average Bonchev–Trinajstić information content (AvgIpc) is 1.55. The van der Waals surface area contributed by atoms with E-state index < -0.39 is 0 Å². The molecule has 150 heavy (non-hydrogen) atoms. The van der Waals surface area contributed by atoms with Gasteiger partial charge in [-0.3, -0.25) is 19.5 Å². The molecule has 33 aromatic rings. The molecule has 698 valence electrons. The summed E-state index contributed by atoms with van der Waals surface area (Å²) in [6, 6.07) is 177. The molecule has 0 atom stereocenters. The lowest BCUT2D eigenvalue weighted by atomic mass is 9.99. The third-order valence-corrected chi connectivity index (χ3v) is 32.0. The van der Waals surface area contributed by atoms with Gasteiger partial charge in [-0.1, -0.05) is 334 Å². The van der Waals surface area contributed by atoms with Gasteiger partial charge in [0.2, 0.25) is 0 Å². The number of thiophene rings is 1. The van der Waals surface area contributed by atoms with Crippen molar-refractivity contribution < 1.29 is 0 Å². The summed E-state index contributed by atoms with van der Waals surface area (Å²) < 4.78 is 19.4. The number of fused-ring (bicyclic) bond motifs is 36.